The lowest BCUT2D eigenvalue weighted by molar-refractivity contribution is 0.352. The number of rotatable bonds is 2. The van der Waals surface area contributed by atoms with Gasteiger partial charge in [0.15, 0.2) is 0 Å². The van der Waals surface area contributed by atoms with Crippen LogP contribution in [0.5, 0.6) is 5.75 Å². The van der Waals surface area contributed by atoms with Crippen molar-refractivity contribution < 1.29 is 4.74 Å². The van der Waals surface area contributed by atoms with Crippen molar-refractivity contribution in [3.63, 3.8) is 0 Å². The number of nitrogens with zero attached hydrogens (tertiary/aromatic N) is 1. The van der Waals surface area contributed by atoms with Gasteiger partial charge >= 0.3 is 11.4 Å². The second-order valence-electron chi connectivity index (χ2n) is 4.10. The number of hydrogen-bond donors (Lipinski definition) is 2. The summed E-state index contributed by atoms with van der Waals surface area (Å²) in [7, 11) is 0. The quantitative estimate of drug-likeness (QED) is 0.853. The topological polar surface area (TPSA) is 79.9 Å². The van der Waals surface area contributed by atoms with Gasteiger partial charge in [0.05, 0.1) is 13.2 Å². The Kier molecular flexibility index (Phi) is 2.62. The van der Waals surface area contributed by atoms with E-state index in [0.29, 0.717) is 6.61 Å². The molecule has 1 aliphatic rings. The maximum Gasteiger partial charge on any atom is 0.344 e. The molecule has 0 atom stereocenters. The van der Waals surface area contributed by atoms with Crippen LogP contribution in [-0.4, -0.2) is 21.4 Å². The maximum atomic E-state index is 11.5. The van der Waals surface area contributed by atoms with Gasteiger partial charge in [0, 0.05) is 16.5 Å². The van der Waals surface area contributed by atoms with Crippen LogP contribution in [0.2, 0.25) is 0 Å². The number of H-pyrrole nitrogens is 2. The average Bonchev–Trinajstić information content (AvgIpc) is 2.90. The molecule has 0 aliphatic carbocycles. The third-order valence-electron chi connectivity index (χ3n) is 2.92. The lowest BCUT2D eigenvalue weighted by atomic mass is 10.1. The minimum Gasteiger partial charge on any atom is -0.493 e. The minimum absolute atomic E-state index is 0.194. The van der Waals surface area contributed by atoms with E-state index in [4.69, 9.17) is 4.74 Å². The highest BCUT2D eigenvalue weighted by molar-refractivity contribution is 9.10. The van der Waals surface area contributed by atoms with Crippen LogP contribution in [0.3, 0.4) is 0 Å². The first-order valence-electron chi connectivity index (χ1n) is 5.47. The highest BCUT2D eigenvalue weighted by Crippen LogP contribution is 2.33. The largest absolute Gasteiger partial charge is 0.493 e. The van der Waals surface area contributed by atoms with Gasteiger partial charge in [0.2, 0.25) is 0 Å². The van der Waals surface area contributed by atoms with Crippen molar-refractivity contribution in [3.8, 4) is 5.75 Å². The number of benzene rings is 1. The first-order chi connectivity index (χ1) is 8.65. The third kappa shape index (κ3) is 1.80. The summed E-state index contributed by atoms with van der Waals surface area (Å²) in [6, 6.07) is 3.86. The van der Waals surface area contributed by atoms with Gasteiger partial charge in [-0.15, -0.1) is 0 Å². The molecule has 3 rings (SSSR count). The van der Waals surface area contributed by atoms with Gasteiger partial charge < -0.3 is 4.74 Å². The smallest absolute Gasteiger partial charge is 0.344 e. The van der Waals surface area contributed by atoms with Crippen LogP contribution in [0, 0.1) is 0 Å². The van der Waals surface area contributed by atoms with Crippen molar-refractivity contribution in [2.75, 3.05) is 6.61 Å². The molecule has 0 radical (unpaired) electrons. The van der Waals surface area contributed by atoms with Gasteiger partial charge in [-0.1, -0.05) is 15.9 Å². The molecule has 1 aromatic heterocycles. The molecule has 7 heteroatoms. The minimum atomic E-state index is -0.452. The van der Waals surface area contributed by atoms with Crippen molar-refractivity contribution in [3.05, 3.63) is 48.7 Å². The van der Waals surface area contributed by atoms with E-state index in [1.165, 1.54) is 0 Å². The molecule has 2 N–H and O–H groups in total. The van der Waals surface area contributed by atoms with E-state index in [0.717, 1.165) is 32.3 Å². The predicted octanol–water partition coefficient (Wildman–Crippen LogP) is 0.610. The van der Waals surface area contributed by atoms with E-state index in [-0.39, 0.29) is 6.54 Å². The summed E-state index contributed by atoms with van der Waals surface area (Å²) < 4.78 is 7.57. The molecule has 0 saturated carbocycles. The fourth-order valence-electron chi connectivity index (χ4n) is 2.11. The van der Waals surface area contributed by atoms with Crippen molar-refractivity contribution in [1.29, 1.82) is 0 Å². The third-order valence-corrected chi connectivity index (χ3v) is 3.38. The van der Waals surface area contributed by atoms with Crippen molar-refractivity contribution in [2.24, 2.45) is 0 Å². The van der Waals surface area contributed by atoms with Gasteiger partial charge in [-0.25, -0.2) is 24.4 Å². The van der Waals surface area contributed by atoms with E-state index < -0.39 is 11.4 Å². The molecule has 18 heavy (non-hydrogen) atoms. The lowest BCUT2D eigenvalue weighted by Gasteiger charge is -2.08. The molecule has 0 bridgehead atoms. The molecule has 0 fully saturated rings. The zero-order valence-electron chi connectivity index (χ0n) is 9.33. The van der Waals surface area contributed by atoms with E-state index >= 15 is 0 Å². The summed E-state index contributed by atoms with van der Waals surface area (Å²) in [6.45, 7) is 0.830. The van der Waals surface area contributed by atoms with Crippen LogP contribution in [0.1, 0.15) is 11.1 Å². The Morgan fingerprint density at radius 1 is 1.28 bits per heavy atom. The number of fused-ring (bicyclic) bond motifs is 1. The van der Waals surface area contributed by atoms with Crippen LogP contribution in [0.15, 0.2) is 26.2 Å². The van der Waals surface area contributed by atoms with Crippen LogP contribution in [0.4, 0.5) is 0 Å². The summed E-state index contributed by atoms with van der Waals surface area (Å²) in [5.74, 6) is 0.783. The average molecular weight is 312 g/mol. The van der Waals surface area contributed by atoms with Crippen molar-refractivity contribution in [1.82, 2.24) is 14.8 Å². The van der Waals surface area contributed by atoms with Gasteiger partial charge in [0.1, 0.15) is 5.75 Å². The standard InChI is InChI=1S/C11H10BrN3O3/c12-8-3-6-1-2-18-9(6)7(4-8)5-15-10(16)13-14-11(15)17/h3-4H,1-2,5H2,(H,13,16)(H,14,17). The number of hydrogen-bond acceptors (Lipinski definition) is 3. The lowest BCUT2D eigenvalue weighted by Crippen LogP contribution is -2.27. The summed E-state index contributed by atoms with van der Waals surface area (Å²) >= 11 is 3.42. The van der Waals surface area contributed by atoms with Crippen LogP contribution in [0.25, 0.3) is 0 Å². The Hall–Kier alpha value is -1.76. The predicted molar refractivity (Wildman–Crippen MR) is 68.1 cm³/mol. The molecule has 0 spiro atoms. The monoisotopic (exact) mass is 311 g/mol. The molecule has 1 aromatic carbocycles. The summed E-state index contributed by atoms with van der Waals surface area (Å²) in [5.41, 5.74) is 1.02. The van der Waals surface area contributed by atoms with Gasteiger partial charge in [-0.2, -0.15) is 0 Å². The Bertz CT molecular complexity index is 686. The molecule has 6 nitrogen and oxygen atoms in total. The molecule has 0 amide bonds. The van der Waals surface area contributed by atoms with Gasteiger partial charge in [0.25, 0.3) is 0 Å². The Morgan fingerprint density at radius 2 is 2.00 bits per heavy atom. The van der Waals surface area contributed by atoms with E-state index in [1.54, 1.807) is 0 Å². The Morgan fingerprint density at radius 3 is 2.72 bits per heavy atom. The molecule has 0 saturated heterocycles. The maximum absolute atomic E-state index is 11.5. The molecule has 2 heterocycles. The normalized spacial score (nSPS) is 13.4. The number of ether oxygens (including phenoxy) is 1. The Balaban J connectivity index is 2.09. The fraction of sp³-hybridized carbons (Fsp3) is 0.273. The summed E-state index contributed by atoms with van der Waals surface area (Å²) in [4.78, 5) is 22.9. The van der Waals surface area contributed by atoms with Crippen molar-refractivity contribution in [2.45, 2.75) is 13.0 Å². The van der Waals surface area contributed by atoms with Gasteiger partial charge in [-0.3, -0.25) is 0 Å². The summed E-state index contributed by atoms with van der Waals surface area (Å²) in [5, 5.41) is 4.51. The molecule has 94 valence electrons. The highest BCUT2D eigenvalue weighted by atomic mass is 79.9. The number of aromatic amines is 2. The first kappa shape index (κ1) is 11.3. The fourth-order valence-corrected chi connectivity index (χ4v) is 2.66. The van der Waals surface area contributed by atoms with Crippen LogP contribution < -0.4 is 16.1 Å². The number of aromatic nitrogens is 3. The number of nitrogens with one attached hydrogen (secondary N) is 2. The molecular weight excluding hydrogens is 302 g/mol. The highest BCUT2D eigenvalue weighted by Gasteiger charge is 2.18. The SMILES string of the molecule is O=c1[nH][nH]c(=O)n1Cc1cc(Br)cc2c1OCC2. The zero-order chi connectivity index (χ0) is 12.7. The second kappa shape index (κ2) is 4.16. The second-order valence-corrected chi connectivity index (χ2v) is 5.01. The van der Waals surface area contributed by atoms with E-state index in [1.807, 2.05) is 12.1 Å². The summed E-state index contributed by atoms with van der Waals surface area (Å²) in [6.07, 6.45) is 0.847. The Labute approximate surface area is 110 Å². The number of halogens is 1. The molecular formula is C11H10BrN3O3. The zero-order valence-corrected chi connectivity index (χ0v) is 10.9. The van der Waals surface area contributed by atoms with Crippen molar-refractivity contribution >= 4 is 15.9 Å². The molecule has 1 aliphatic heterocycles. The van der Waals surface area contributed by atoms with E-state index in [2.05, 4.69) is 26.1 Å². The van der Waals surface area contributed by atoms with Gasteiger partial charge in [-0.05, 0) is 17.7 Å². The molecule has 2 aromatic rings. The first-order valence-corrected chi connectivity index (χ1v) is 6.26. The van der Waals surface area contributed by atoms with E-state index in [9.17, 15) is 9.59 Å². The van der Waals surface area contributed by atoms with Crippen LogP contribution >= 0.6 is 15.9 Å². The molecule has 0 unspecified atom stereocenters. The van der Waals surface area contributed by atoms with Crippen LogP contribution in [-0.2, 0) is 13.0 Å².